The number of pyridine rings is 1. The molecule has 0 aliphatic rings. The summed E-state index contributed by atoms with van der Waals surface area (Å²) in [5.41, 5.74) is 2.79. The van der Waals surface area contributed by atoms with Crippen molar-refractivity contribution >= 4 is 17.8 Å². The summed E-state index contributed by atoms with van der Waals surface area (Å²) in [5.74, 6) is -0.554. The Balaban J connectivity index is 2.04. The van der Waals surface area contributed by atoms with Crippen molar-refractivity contribution in [3.8, 4) is 0 Å². The molecule has 1 N–H and O–H groups in total. The van der Waals surface area contributed by atoms with Crippen molar-refractivity contribution in [2.75, 3.05) is 0 Å². The summed E-state index contributed by atoms with van der Waals surface area (Å²) in [5, 5.41) is 25.3. The first-order valence-corrected chi connectivity index (χ1v) is 5.83. The van der Waals surface area contributed by atoms with Gasteiger partial charge in [-0.25, -0.2) is 5.43 Å². The summed E-state index contributed by atoms with van der Waals surface area (Å²) in [6.07, 6.45) is 3.64. The molecule has 0 aliphatic heterocycles. The summed E-state index contributed by atoms with van der Waals surface area (Å²) in [4.78, 5) is 21.8. The van der Waals surface area contributed by atoms with E-state index in [9.17, 15) is 20.1 Å². The maximum atomic E-state index is 11.7. The lowest BCUT2D eigenvalue weighted by Crippen LogP contribution is -2.28. The van der Waals surface area contributed by atoms with Gasteiger partial charge in [-0.3, -0.25) is 14.9 Å². The minimum Gasteiger partial charge on any atom is -0.619 e. The van der Waals surface area contributed by atoms with Gasteiger partial charge in [0.05, 0.1) is 11.1 Å². The minimum atomic E-state index is -0.554. The summed E-state index contributed by atoms with van der Waals surface area (Å²) < 4.78 is 0.499. The zero-order chi connectivity index (χ0) is 15.2. The molecule has 1 aromatic heterocycles. The van der Waals surface area contributed by atoms with Crippen LogP contribution in [-0.4, -0.2) is 17.0 Å². The lowest BCUT2D eigenvalue weighted by molar-refractivity contribution is -0.605. The second kappa shape index (κ2) is 6.24. The predicted molar refractivity (Wildman–Crippen MR) is 73.6 cm³/mol. The molecule has 8 heteroatoms. The average Bonchev–Trinajstić information content (AvgIpc) is 2.47. The Bertz CT molecular complexity index is 715. The number of nitrogens with zero attached hydrogens (tertiary/aromatic N) is 3. The SMILES string of the molecule is O=C(NN=Cc1cccc([N+](=O)[O-])c1)c1ccc[n+]([O-])c1. The second-order valence-electron chi connectivity index (χ2n) is 4.00. The van der Waals surface area contributed by atoms with Gasteiger partial charge in [0.2, 0.25) is 0 Å². The fraction of sp³-hybridized carbons (Fsp3) is 0. The van der Waals surface area contributed by atoms with Crippen LogP contribution in [-0.2, 0) is 0 Å². The summed E-state index contributed by atoms with van der Waals surface area (Å²) in [7, 11) is 0. The second-order valence-corrected chi connectivity index (χ2v) is 4.00. The van der Waals surface area contributed by atoms with Gasteiger partial charge in [0.1, 0.15) is 5.56 Å². The van der Waals surface area contributed by atoms with Crippen LogP contribution in [0.15, 0.2) is 53.9 Å². The molecule has 0 saturated heterocycles. The third kappa shape index (κ3) is 3.83. The van der Waals surface area contributed by atoms with Crippen LogP contribution in [0.4, 0.5) is 5.69 Å². The number of hydrogen-bond acceptors (Lipinski definition) is 5. The van der Waals surface area contributed by atoms with Crippen molar-refractivity contribution in [3.63, 3.8) is 0 Å². The van der Waals surface area contributed by atoms with E-state index < -0.39 is 10.8 Å². The van der Waals surface area contributed by atoms with E-state index in [0.29, 0.717) is 10.3 Å². The number of nitro benzene ring substituents is 1. The highest BCUT2D eigenvalue weighted by molar-refractivity contribution is 5.94. The number of rotatable bonds is 4. The van der Waals surface area contributed by atoms with Gasteiger partial charge in [-0.1, -0.05) is 12.1 Å². The number of amides is 1. The fourth-order valence-corrected chi connectivity index (χ4v) is 1.54. The Kier molecular flexibility index (Phi) is 4.20. The molecule has 8 nitrogen and oxygen atoms in total. The van der Waals surface area contributed by atoms with E-state index in [2.05, 4.69) is 10.5 Å². The van der Waals surface area contributed by atoms with Crippen molar-refractivity contribution in [1.82, 2.24) is 5.43 Å². The minimum absolute atomic E-state index is 0.0688. The smallest absolute Gasteiger partial charge is 0.277 e. The first kappa shape index (κ1) is 14.1. The highest BCUT2D eigenvalue weighted by atomic mass is 16.6. The third-order valence-electron chi connectivity index (χ3n) is 2.50. The molecule has 21 heavy (non-hydrogen) atoms. The first-order valence-electron chi connectivity index (χ1n) is 5.83. The van der Waals surface area contributed by atoms with Gasteiger partial charge in [-0.05, 0) is 6.07 Å². The molecule has 1 aromatic carbocycles. The van der Waals surface area contributed by atoms with E-state index in [-0.39, 0.29) is 11.3 Å². The molecule has 0 atom stereocenters. The van der Waals surface area contributed by atoms with Crippen LogP contribution in [0, 0.1) is 15.3 Å². The molecule has 0 aliphatic carbocycles. The zero-order valence-electron chi connectivity index (χ0n) is 10.7. The standard InChI is InChI=1S/C13H10N4O4/c18-13(11-4-2-6-16(19)9-11)15-14-8-10-3-1-5-12(7-10)17(20)21/h1-9H,(H,15,18). The number of nitrogens with one attached hydrogen (secondary N) is 1. The highest BCUT2D eigenvalue weighted by Gasteiger charge is 2.07. The number of hydrazone groups is 1. The molecule has 1 amide bonds. The number of aromatic nitrogens is 1. The summed E-state index contributed by atoms with van der Waals surface area (Å²) >= 11 is 0. The van der Waals surface area contributed by atoms with Crippen LogP contribution in [0.5, 0.6) is 0 Å². The van der Waals surface area contributed by atoms with Gasteiger partial charge in [0, 0.05) is 23.8 Å². The monoisotopic (exact) mass is 286 g/mol. The Morgan fingerprint density at radius 1 is 1.33 bits per heavy atom. The maximum absolute atomic E-state index is 11.7. The molecule has 0 unspecified atom stereocenters. The lowest BCUT2D eigenvalue weighted by Gasteiger charge is -1.99. The molecular formula is C13H10N4O4. The molecule has 2 rings (SSSR count). The Morgan fingerprint density at radius 3 is 2.86 bits per heavy atom. The number of carbonyl (C=O) groups is 1. The van der Waals surface area contributed by atoms with Crippen molar-refractivity contribution in [2.45, 2.75) is 0 Å². The molecule has 1 heterocycles. The molecule has 0 radical (unpaired) electrons. The third-order valence-corrected chi connectivity index (χ3v) is 2.50. The molecule has 2 aromatic rings. The molecule has 106 valence electrons. The maximum Gasteiger partial charge on any atom is 0.277 e. The summed E-state index contributed by atoms with van der Waals surface area (Å²) in [6, 6.07) is 8.70. The van der Waals surface area contributed by atoms with Gasteiger partial charge in [-0.15, -0.1) is 0 Å². The van der Waals surface area contributed by atoms with Gasteiger partial charge < -0.3 is 5.21 Å². The van der Waals surface area contributed by atoms with Gasteiger partial charge in [0.15, 0.2) is 12.4 Å². The quantitative estimate of drug-likeness (QED) is 0.297. The van der Waals surface area contributed by atoms with Crippen LogP contribution in [0.3, 0.4) is 0 Å². The molecule has 0 saturated carbocycles. The van der Waals surface area contributed by atoms with Crippen molar-refractivity contribution in [1.29, 1.82) is 0 Å². The molecule has 0 spiro atoms. The largest absolute Gasteiger partial charge is 0.619 e. The van der Waals surface area contributed by atoms with E-state index >= 15 is 0 Å². The van der Waals surface area contributed by atoms with E-state index in [1.54, 1.807) is 6.07 Å². The average molecular weight is 286 g/mol. The molecule has 0 fully saturated rings. The first-order chi connectivity index (χ1) is 10.1. The Labute approximate surface area is 119 Å². The van der Waals surface area contributed by atoms with E-state index in [0.717, 1.165) is 6.20 Å². The van der Waals surface area contributed by atoms with Gasteiger partial charge >= 0.3 is 0 Å². The van der Waals surface area contributed by atoms with Crippen molar-refractivity contribution in [2.24, 2.45) is 5.10 Å². The van der Waals surface area contributed by atoms with Crippen molar-refractivity contribution < 1.29 is 14.4 Å². The van der Waals surface area contributed by atoms with Crippen LogP contribution in [0.2, 0.25) is 0 Å². The number of nitro groups is 1. The van der Waals surface area contributed by atoms with E-state index in [4.69, 9.17) is 0 Å². The van der Waals surface area contributed by atoms with Crippen LogP contribution in [0.1, 0.15) is 15.9 Å². The van der Waals surface area contributed by atoms with Crippen LogP contribution >= 0.6 is 0 Å². The van der Waals surface area contributed by atoms with Crippen molar-refractivity contribution in [3.05, 3.63) is 75.2 Å². The molecular weight excluding hydrogens is 276 g/mol. The topological polar surface area (TPSA) is 112 Å². The van der Waals surface area contributed by atoms with E-state index in [1.165, 1.54) is 42.7 Å². The number of carbonyl (C=O) groups excluding carboxylic acids is 1. The zero-order valence-corrected chi connectivity index (χ0v) is 10.7. The number of hydrogen-bond donors (Lipinski definition) is 1. The fourth-order valence-electron chi connectivity index (χ4n) is 1.54. The lowest BCUT2D eigenvalue weighted by atomic mass is 10.2. The Hall–Kier alpha value is -3.29. The predicted octanol–water partition coefficient (Wildman–Crippen LogP) is 0.992. The summed E-state index contributed by atoms with van der Waals surface area (Å²) in [6.45, 7) is 0. The molecule has 0 bridgehead atoms. The van der Waals surface area contributed by atoms with E-state index in [1.807, 2.05) is 0 Å². The highest BCUT2D eigenvalue weighted by Crippen LogP contribution is 2.11. The number of non-ortho nitro benzene ring substituents is 1. The Morgan fingerprint density at radius 2 is 2.14 bits per heavy atom. The van der Waals surface area contributed by atoms with Crippen LogP contribution < -0.4 is 10.2 Å². The van der Waals surface area contributed by atoms with Crippen LogP contribution in [0.25, 0.3) is 0 Å². The number of benzene rings is 1. The van der Waals surface area contributed by atoms with Gasteiger partial charge in [0.25, 0.3) is 11.6 Å². The van der Waals surface area contributed by atoms with Gasteiger partial charge in [-0.2, -0.15) is 9.83 Å². The normalized spacial score (nSPS) is 10.5.